The number of benzene rings is 6. The predicted octanol–water partition coefficient (Wildman–Crippen LogP) is 16.1. The third kappa shape index (κ3) is 10.1. The van der Waals surface area contributed by atoms with Crippen LogP contribution in [0.15, 0.2) is 84.9 Å². The molecule has 0 heterocycles. The summed E-state index contributed by atoms with van der Waals surface area (Å²) >= 11 is 12.0. The predicted molar refractivity (Wildman–Crippen MR) is 210 cm³/mol. The first-order valence-electron chi connectivity index (χ1n) is 17.9. The molecule has 0 aliphatic heterocycles. The Balaban J connectivity index is 1.56. The van der Waals surface area contributed by atoms with Crippen molar-refractivity contribution in [3.63, 3.8) is 0 Å². The lowest BCUT2D eigenvalue weighted by Gasteiger charge is -2.24. The van der Waals surface area contributed by atoms with E-state index >= 15 is 35.1 Å². The maximum atomic E-state index is 15.6. The Hall–Kier alpha value is -5.88. The molecule has 6 aromatic carbocycles. The Morgan fingerprint density at radius 1 is 0.406 bits per heavy atom. The fraction of sp³-hybridized carbons (Fsp3) is 0.182. The van der Waals surface area contributed by atoms with Gasteiger partial charge in [-0.15, -0.1) is 26.3 Å². The van der Waals surface area contributed by atoms with Crippen LogP contribution in [0.4, 0.5) is 61.5 Å². The molecule has 0 saturated carbocycles. The first kappa shape index (κ1) is 47.6. The molecule has 0 fully saturated rings. The number of alkyl halides is 12. The van der Waals surface area contributed by atoms with Crippen LogP contribution in [0, 0.1) is 25.5 Å². The van der Waals surface area contributed by atoms with Gasteiger partial charge in [-0.2, -0.15) is 26.3 Å². The molecule has 0 amide bonds. The van der Waals surface area contributed by atoms with E-state index in [-0.39, 0.29) is 37.9 Å². The monoisotopic (exact) mass is 954 g/mol. The minimum absolute atomic E-state index is 0.0117. The number of aryl methyl sites for hydroxylation is 2. The van der Waals surface area contributed by atoms with Crippen LogP contribution >= 0.6 is 23.2 Å². The van der Waals surface area contributed by atoms with Crippen LogP contribution in [0.5, 0.6) is 23.0 Å². The summed E-state index contributed by atoms with van der Waals surface area (Å²) in [5, 5.41) is 0.149. The second-order valence-corrected chi connectivity index (χ2v) is 14.8. The van der Waals surface area contributed by atoms with Crippen molar-refractivity contribution in [2.24, 2.45) is 0 Å². The first-order chi connectivity index (χ1) is 29.6. The Bertz CT molecular complexity index is 2620. The molecule has 4 nitrogen and oxygen atoms in total. The molecule has 0 unspecified atom stereocenters. The lowest BCUT2D eigenvalue weighted by Crippen LogP contribution is -2.20. The van der Waals surface area contributed by atoms with Crippen molar-refractivity contribution < 1.29 is 80.4 Å². The van der Waals surface area contributed by atoms with Gasteiger partial charge in [0.25, 0.3) is 0 Å². The van der Waals surface area contributed by atoms with Crippen molar-refractivity contribution in [3.8, 4) is 78.6 Å². The summed E-state index contributed by atoms with van der Waals surface area (Å²) in [5.74, 6) is -5.97. The molecule has 0 radical (unpaired) electrons. The number of ether oxygens (including phenoxy) is 4. The summed E-state index contributed by atoms with van der Waals surface area (Å²) in [5.41, 5.74) is -9.26. The molecule has 0 N–H and O–H groups in total. The van der Waals surface area contributed by atoms with Gasteiger partial charge in [-0.1, -0.05) is 41.4 Å². The van der Waals surface area contributed by atoms with Gasteiger partial charge in [0.2, 0.25) is 0 Å². The topological polar surface area (TPSA) is 36.9 Å². The summed E-state index contributed by atoms with van der Waals surface area (Å²) in [6.45, 7) is 2.61. The Kier molecular flexibility index (Phi) is 12.8. The summed E-state index contributed by atoms with van der Waals surface area (Å²) in [6.07, 6.45) is -22.0. The van der Waals surface area contributed by atoms with Gasteiger partial charge in [-0.3, -0.25) is 0 Å². The third-order valence-corrected chi connectivity index (χ3v) is 10.0. The van der Waals surface area contributed by atoms with Gasteiger partial charge in [-0.25, -0.2) is 8.78 Å². The van der Waals surface area contributed by atoms with Crippen LogP contribution < -0.4 is 18.9 Å². The highest BCUT2D eigenvalue weighted by Crippen LogP contribution is 2.52. The minimum atomic E-state index is -5.53. The molecule has 0 saturated heterocycles. The molecule has 20 heteroatoms. The van der Waals surface area contributed by atoms with E-state index in [1.807, 2.05) is 0 Å². The Labute approximate surface area is 363 Å². The quantitative estimate of drug-likeness (QED) is 0.135. The van der Waals surface area contributed by atoms with E-state index in [0.717, 1.165) is 56.7 Å². The first-order valence-corrected chi connectivity index (χ1v) is 18.7. The van der Waals surface area contributed by atoms with E-state index in [1.165, 1.54) is 32.0 Å². The van der Waals surface area contributed by atoms with E-state index in [9.17, 15) is 26.3 Å². The maximum absolute atomic E-state index is 15.6. The lowest BCUT2D eigenvalue weighted by atomic mass is 9.85. The highest BCUT2D eigenvalue weighted by atomic mass is 35.5. The average Bonchev–Trinajstić information content (AvgIpc) is 3.14. The highest BCUT2D eigenvalue weighted by Gasteiger charge is 2.43. The van der Waals surface area contributed by atoms with Crippen molar-refractivity contribution in [3.05, 3.63) is 129 Å². The number of rotatable bonds is 9. The minimum Gasteiger partial charge on any atom is -0.496 e. The van der Waals surface area contributed by atoms with E-state index < -0.39 is 110 Å². The lowest BCUT2D eigenvalue weighted by molar-refractivity contribution is -0.276. The molecule has 6 aromatic rings. The van der Waals surface area contributed by atoms with Crippen molar-refractivity contribution >= 4 is 23.2 Å². The standard InChI is InChI=1S/C44H26Cl2F14O4/c1-19-8-21(9-20(2)36(19)24-14-30(47)38(31(48)15-24)22-10-26(45)18-27(46)11-22)37-28(41(49,50)51)12-23(13-29(37)42(52,53)54)40-34(61-3)16-25(17-35(40)62-4)39-32(63-43(55,56)57)6-5-7-33(39)64-44(58,59)60/h5-18H,1-4H3. The summed E-state index contributed by atoms with van der Waals surface area (Å²) in [4.78, 5) is 0. The zero-order valence-electron chi connectivity index (χ0n) is 32.8. The highest BCUT2D eigenvalue weighted by molar-refractivity contribution is 6.35. The number of methoxy groups -OCH3 is 2. The van der Waals surface area contributed by atoms with Crippen LogP contribution in [0.25, 0.3) is 55.6 Å². The maximum Gasteiger partial charge on any atom is 0.573 e. The number of halogens is 16. The molecule has 6 rings (SSSR count). The van der Waals surface area contributed by atoms with Crippen LogP contribution in [0.2, 0.25) is 10.0 Å². The van der Waals surface area contributed by atoms with Gasteiger partial charge in [0.1, 0.15) is 34.6 Å². The van der Waals surface area contributed by atoms with Crippen molar-refractivity contribution in [2.45, 2.75) is 38.9 Å². The molecule has 0 atom stereocenters. The van der Waals surface area contributed by atoms with E-state index in [4.69, 9.17) is 32.7 Å². The van der Waals surface area contributed by atoms with E-state index in [2.05, 4.69) is 9.47 Å². The van der Waals surface area contributed by atoms with Crippen molar-refractivity contribution in [1.82, 2.24) is 0 Å². The van der Waals surface area contributed by atoms with Gasteiger partial charge in [0.05, 0.1) is 42.0 Å². The molecule has 0 aliphatic rings. The fourth-order valence-electron chi connectivity index (χ4n) is 7.35. The molecule has 64 heavy (non-hydrogen) atoms. The van der Waals surface area contributed by atoms with Crippen molar-refractivity contribution in [1.29, 1.82) is 0 Å². The molecular weight excluding hydrogens is 929 g/mol. The second kappa shape index (κ2) is 17.3. The van der Waals surface area contributed by atoms with Gasteiger partial charge in [0.15, 0.2) is 0 Å². The Morgan fingerprint density at radius 3 is 1.16 bits per heavy atom. The van der Waals surface area contributed by atoms with Gasteiger partial charge in [0, 0.05) is 15.6 Å². The molecular formula is C44H26Cl2F14O4. The van der Waals surface area contributed by atoms with Crippen molar-refractivity contribution in [2.75, 3.05) is 14.2 Å². The number of hydrogen-bond acceptors (Lipinski definition) is 4. The van der Waals surface area contributed by atoms with Gasteiger partial charge in [-0.05, 0) is 125 Å². The molecule has 0 aromatic heterocycles. The van der Waals surface area contributed by atoms with Crippen LogP contribution in [0.3, 0.4) is 0 Å². The van der Waals surface area contributed by atoms with Crippen LogP contribution in [0.1, 0.15) is 22.3 Å². The average molecular weight is 956 g/mol. The normalized spacial score (nSPS) is 12.4. The van der Waals surface area contributed by atoms with Gasteiger partial charge < -0.3 is 18.9 Å². The molecule has 338 valence electrons. The smallest absolute Gasteiger partial charge is 0.496 e. The molecule has 0 spiro atoms. The fourth-order valence-corrected chi connectivity index (χ4v) is 7.88. The number of hydrogen-bond donors (Lipinski definition) is 0. The Morgan fingerprint density at radius 2 is 0.766 bits per heavy atom. The zero-order chi connectivity index (χ0) is 47.4. The van der Waals surface area contributed by atoms with E-state index in [0.29, 0.717) is 24.3 Å². The van der Waals surface area contributed by atoms with E-state index in [1.54, 1.807) is 0 Å². The largest absolute Gasteiger partial charge is 0.573 e. The molecule has 0 aliphatic carbocycles. The SMILES string of the molecule is COc1cc(-c2c(OC(F)(F)F)cccc2OC(F)(F)F)cc(OC)c1-c1cc(C(F)(F)F)c(-c2cc(C)c(-c3cc(F)c(-c4cc(Cl)cc(Cl)c4)c(F)c3)c(C)c2)c(C(F)(F)F)c1. The summed E-state index contributed by atoms with van der Waals surface area (Å²) in [6, 6.07) is 11.8. The second-order valence-electron chi connectivity index (χ2n) is 13.9. The van der Waals surface area contributed by atoms with Gasteiger partial charge >= 0.3 is 25.1 Å². The third-order valence-electron chi connectivity index (χ3n) is 9.58. The van der Waals surface area contributed by atoms with Crippen LogP contribution in [-0.4, -0.2) is 26.9 Å². The van der Waals surface area contributed by atoms with Crippen LogP contribution in [-0.2, 0) is 12.4 Å². The molecule has 0 bridgehead atoms. The zero-order valence-corrected chi connectivity index (χ0v) is 34.3. The summed E-state index contributed by atoms with van der Waals surface area (Å²) < 4.78 is 221. The summed E-state index contributed by atoms with van der Waals surface area (Å²) in [7, 11) is 1.75.